The number of hydrogen-bond donors (Lipinski definition) is 0. The van der Waals surface area contributed by atoms with Gasteiger partial charge in [0.15, 0.2) is 0 Å². The fourth-order valence-electron chi connectivity index (χ4n) is 18.5. The van der Waals surface area contributed by atoms with Crippen molar-refractivity contribution in [2.75, 3.05) is 52.9 Å². The van der Waals surface area contributed by atoms with Crippen molar-refractivity contribution < 1.29 is 37.9 Å². The summed E-state index contributed by atoms with van der Waals surface area (Å²) in [7, 11) is 0. The molecule has 9 aromatic rings. The van der Waals surface area contributed by atoms with Gasteiger partial charge in [0, 0.05) is 22.3 Å². The van der Waals surface area contributed by atoms with E-state index in [0.29, 0.717) is 52.9 Å². The van der Waals surface area contributed by atoms with Gasteiger partial charge in [-0.15, -0.1) is 0 Å². The van der Waals surface area contributed by atoms with E-state index in [1.807, 2.05) is 0 Å². The van der Waals surface area contributed by atoms with Gasteiger partial charge in [-0.1, -0.05) is 507 Å². The van der Waals surface area contributed by atoms with Crippen LogP contribution in [0.1, 0.15) is 475 Å². The van der Waals surface area contributed by atoms with Crippen LogP contribution in [-0.2, 0) is 0 Å². The van der Waals surface area contributed by atoms with Gasteiger partial charge < -0.3 is 37.9 Å². The van der Waals surface area contributed by atoms with Gasteiger partial charge in [-0.2, -0.15) is 0 Å². The molecule has 9 aromatic carbocycles. The molecular formula is C138H190O8. The smallest absolute Gasteiger partial charge is 0.127 e. The van der Waals surface area contributed by atoms with Crippen LogP contribution in [0.25, 0.3) is 97.2 Å². The monoisotopic (exact) mass is 1980 g/mol. The Hall–Kier alpha value is -10.7. The van der Waals surface area contributed by atoms with Crippen molar-refractivity contribution in [2.45, 2.75) is 391 Å². The molecule has 0 aromatic heterocycles. The van der Waals surface area contributed by atoms with Crippen molar-refractivity contribution in [3.8, 4) is 46.0 Å². The van der Waals surface area contributed by atoms with Crippen molar-refractivity contribution in [1.82, 2.24) is 0 Å². The number of aryl methyl sites for hydroxylation is 4. The molecule has 0 aliphatic carbocycles. The lowest BCUT2D eigenvalue weighted by Crippen LogP contribution is -2.02. The predicted molar refractivity (Wildman–Crippen MR) is 639 cm³/mol. The minimum absolute atomic E-state index is 0.696. The molecule has 0 N–H and O–H groups in total. The maximum atomic E-state index is 6.64. The first-order valence-electron chi connectivity index (χ1n) is 58.4. The number of hydrogen-bond acceptors (Lipinski definition) is 8. The lowest BCUT2D eigenvalue weighted by molar-refractivity contribution is 0.294. The Kier molecular flexibility index (Phi) is 60.4. The second-order valence-corrected chi connectivity index (χ2v) is 41.0. The summed E-state index contributed by atoms with van der Waals surface area (Å²) in [5.74, 6) is 7.35. The van der Waals surface area contributed by atoms with Crippen LogP contribution < -0.4 is 37.9 Å². The second-order valence-electron chi connectivity index (χ2n) is 41.0. The fourth-order valence-corrected chi connectivity index (χ4v) is 18.5. The number of benzene rings is 9. The molecule has 0 atom stereocenters. The van der Waals surface area contributed by atoms with Gasteiger partial charge >= 0.3 is 0 Å². The van der Waals surface area contributed by atoms with E-state index < -0.39 is 0 Å². The Morgan fingerprint density at radius 3 is 0.397 bits per heavy atom. The van der Waals surface area contributed by atoms with Crippen LogP contribution in [0.3, 0.4) is 0 Å². The molecule has 0 aliphatic heterocycles. The standard InChI is InChI=1S/C138H190O8/c1-13-21-29-37-45-53-93-139-131-107-127(135(101-111(131)9)143-97-57-49-41-33-25-17-5)89-81-119-69-61-115(62-70-119)77-85-123-105-125(87-79-117-65-73-121(74-66-117)83-91-129-109-133(141-95-55-47-39-31-23-15-3)113(11)103-137(129)145-99-59-51-43-35-27-19-7)126(88-80-118-67-75-122(76-68-118)84-92-130-110-134(142-96-56-48-40-32-24-16-4)114(12)104-138(130)146-100-60-52-44-36-28-20-8)106-124(123)86-78-116-63-71-120(72-64-116)82-90-128-108-132(140-94-54-46-38-30-22-14-2)112(10)102-136(128)144-98-58-50-42-34-26-18-6/h61-92,101-110H,13-60,93-100H2,1-12H3/b85-77+,86-78+,87-79+,88-80+,89-81+,90-82+,91-83+,92-84+. The second kappa shape index (κ2) is 74.2. The van der Waals surface area contributed by atoms with Crippen molar-refractivity contribution in [3.05, 3.63) is 269 Å². The molecule has 9 rings (SSSR count). The van der Waals surface area contributed by atoms with E-state index in [4.69, 9.17) is 37.9 Å². The maximum absolute atomic E-state index is 6.64. The number of unbranched alkanes of at least 4 members (excludes halogenated alkanes) is 40. The van der Waals surface area contributed by atoms with E-state index in [1.54, 1.807) is 0 Å². The zero-order chi connectivity index (χ0) is 103. The minimum atomic E-state index is 0.696. The van der Waals surface area contributed by atoms with Gasteiger partial charge in [-0.3, -0.25) is 0 Å². The lowest BCUT2D eigenvalue weighted by Gasteiger charge is -2.15. The van der Waals surface area contributed by atoms with E-state index in [1.165, 1.54) is 257 Å². The fraction of sp³-hybridized carbons (Fsp3) is 0.493. The highest BCUT2D eigenvalue weighted by Gasteiger charge is 2.17. The molecule has 0 amide bonds. The molecule has 0 heterocycles. The van der Waals surface area contributed by atoms with Crippen LogP contribution in [0.4, 0.5) is 0 Å². The first kappa shape index (κ1) is 119. The Morgan fingerprint density at radius 1 is 0.130 bits per heavy atom. The summed E-state index contributed by atoms with van der Waals surface area (Å²) >= 11 is 0. The molecule has 790 valence electrons. The molecule has 0 unspecified atom stereocenters. The quantitative estimate of drug-likeness (QED) is 0.0276. The van der Waals surface area contributed by atoms with Gasteiger partial charge in [0.1, 0.15) is 46.0 Å². The zero-order valence-corrected chi connectivity index (χ0v) is 93.1. The Morgan fingerprint density at radius 2 is 0.253 bits per heavy atom. The number of ether oxygens (including phenoxy) is 8. The molecule has 8 heteroatoms. The largest absolute Gasteiger partial charge is 0.493 e. The highest BCUT2D eigenvalue weighted by Crippen LogP contribution is 2.38. The Balaban J connectivity index is 1.09. The van der Waals surface area contributed by atoms with Gasteiger partial charge in [0.25, 0.3) is 0 Å². The molecule has 146 heavy (non-hydrogen) atoms. The third-order valence-corrected chi connectivity index (χ3v) is 28.0. The van der Waals surface area contributed by atoms with Crippen molar-refractivity contribution in [2.24, 2.45) is 0 Å². The molecule has 0 spiro atoms. The highest BCUT2D eigenvalue weighted by molar-refractivity contribution is 5.88. The Bertz CT molecular complexity index is 4640. The minimum Gasteiger partial charge on any atom is -0.493 e. The first-order valence-corrected chi connectivity index (χ1v) is 58.4. The summed E-state index contributed by atoms with van der Waals surface area (Å²) in [4.78, 5) is 0. The molecule has 0 fully saturated rings. The van der Waals surface area contributed by atoms with E-state index in [2.05, 4.69) is 338 Å². The number of rotatable bonds is 80. The van der Waals surface area contributed by atoms with Gasteiger partial charge in [-0.25, -0.2) is 0 Å². The summed E-state index contributed by atoms with van der Waals surface area (Å²) in [5.41, 5.74) is 21.7. The van der Waals surface area contributed by atoms with Gasteiger partial charge in [0.2, 0.25) is 0 Å². The normalized spacial score (nSPS) is 11.9. The van der Waals surface area contributed by atoms with Gasteiger partial charge in [0.05, 0.1) is 52.9 Å². The van der Waals surface area contributed by atoms with Crippen LogP contribution in [0.5, 0.6) is 46.0 Å². The van der Waals surface area contributed by atoms with E-state index in [9.17, 15) is 0 Å². The molecule has 8 nitrogen and oxygen atoms in total. The lowest BCUT2D eigenvalue weighted by atomic mass is 9.95. The van der Waals surface area contributed by atoms with E-state index in [-0.39, 0.29) is 0 Å². The molecule has 0 saturated heterocycles. The SMILES string of the molecule is CCCCCCCCOc1cc(/C=C/c2ccc(/C=C/c3cc(/C=C/c4ccc(/C=C/c5cc(OCCCCCCCC)c(C)cc5OCCCCCCCC)cc4)c(/C=C/c4ccc(/C=C/c5cc(OCCCCCCCC)c(C)cc5OCCCCCCCC)cc4)cc3/C=C/c3ccc(/C=C/c4cc(OCCCCCCCC)c(C)cc4OCCCCCCCC)cc3)cc2)c(OCCCCCCCC)cc1C. The van der Waals surface area contributed by atoms with Crippen LogP contribution in [0.15, 0.2) is 158 Å². The van der Waals surface area contributed by atoms with Crippen LogP contribution in [0, 0.1) is 27.7 Å². The topological polar surface area (TPSA) is 73.8 Å². The highest BCUT2D eigenvalue weighted by atomic mass is 16.5. The van der Waals surface area contributed by atoms with Crippen molar-refractivity contribution in [1.29, 1.82) is 0 Å². The zero-order valence-electron chi connectivity index (χ0n) is 93.1. The first-order chi connectivity index (χ1) is 71.8. The summed E-state index contributed by atoms with van der Waals surface area (Å²) in [6, 6.07) is 57.9. The van der Waals surface area contributed by atoms with E-state index in [0.717, 1.165) is 209 Å². The Labute approximate surface area is 888 Å². The summed E-state index contributed by atoms with van der Waals surface area (Å²) in [5, 5.41) is 0. The maximum Gasteiger partial charge on any atom is 0.127 e. The summed E-state index contributed by atoms with van der Waals surface area (Å²) in [6.07, 6.45) is 94.5. The summed E-state index contributed by atoms with van der Waals surface area (Å²) in [6.45, 7) is 32.5. The van der Waals surface area contributed by atoms with Crippen LogP contribution in [0.2, 0.25) is 0 Å². The average Bonchev–Trinajstić information content (AvgIpc) is 0.815. The molecule has 0 aliphatic rings. The predicted octanol–water partition coefficient (Wildman–Crippen LogP) is 42.2. The summed E-state index contributed by atoms with van der Waals surface area (Å²) < 4.78 is 52.7. The molecule has 0 bridgehead atoms. The van der Waals surface area contributed by atoms with Crippen LogP contribution >= 0.6 is 0 Å². The average molecular weight is 1980 g/mol. The molecular weight excluding hydrogens is 1790 g/mol. The molecule has 0 saturated carbocycles. The van der Waals surface area contributed by atoms with Crippen LogP contribution in [-0.4, -0.2) is 52.9 Å². The van der Waals surface area contributed by atoms with Gasteiger partial charge in [-0.05, 0) is 229 Å². The third-order valence-electron chi connectivity index (χ3n) is 28.0. The third kappa shape index (κ3) is 47.6. The van der Waals surface area contributed by atoms with Crippen molar-refractivity contribution >= 4 is 97.2 Å². The van der Waals surface area contributed by atoms with Crippen molar-refractivity contribution in [3.63, 3.8) is 0 Å². The molecule has 0 radical (unpaired) electrons. The van der Waals surface area contributed by atoms with E-state index >= 15 is 0 Å².